The Hall–Kier alpha value is -1.81. The zero-order valence-electron chi connectivity index (χ0n) is 8.30. The van der Waals surface area contributed by atoms with Crippen molar-refractivity contribution < 1.29 is 19.7 Å². The Morgan fingerprint density at radius 2 is 2.00 bits per heavy atom. The summed E-state index contributed by atoms with van der Waals surface area (Å²) in [5, 5.41) is 17.7. The van der Waals surface area contributed by atoms with E-state index >= 15 is 0 Å². The number of ether oxygens (including phenoxy) is 1. The Balaban J connectivity index is 3.02. The van der Waals surface area contributed by atoms with Gasteiger partial charge in [-0.3, -0.25) is 0 Å². The second kappa shape index (κ2) is 5.17. The van der Waals surface area contributed by atoms with E-state index in [1.165, 1.54) is 13.4 Å². The molecular formula is C11H12O4. The highest BCUT2D eigenvalue weighted by Gasteiger charge is 2.10. The number of aliphatic hydroxyl groups is 1. The van der Waals surface area contributed by atoms with Gasteiger partial charge in [-0.05, 0) is 11.1 Å². The molecule has 0 aliphatic heterocycles. The van der Waals surface area contributed by atoms with E-state index in [0.717, 1.165) is 5.56 Å². The van der Waals surface area contributed by atoms with E-state index in [9.17, 15) is 4.79 Å². The highest BCUT2D eigenvalue weighted by molar-refractivity contribution is 6.15. The van der Waals surface area contributed by atoms with Crippen molar-refractivity contribution in [1.29, 1.82) is 0 Å². The summed E-state index contributed by atoms with van der Waals surface area (Å²) in [5.41, 5.74) is 1.37. The lowest BCUT2D eigenvalue weighted by Gasteiger charge is -2.03. The van der Waals surface area contributed by atoms with Crippen LogP contribution in [-0.2, 0) is 16.1 Å². The molecule has 1 aromatic carbocycles. The maximum absolute atomic E-state index is 10.8. The van der Waals surface area contributed by atoms with Crippen LogP contribution >= 0.6 is 0 Å². The summed E-state index contributed by atoms with van der Waals surface area (Å²) in [5.74, 6) is -1.05. The number of carboxylic acid groups (broad SMARTS) is 1. The van der Waals surface area contributed by atoms with Crippen LogP contribution in [0.4, 0.5) is 0 Å². The summed E-state index contributed by atoms with van der Waals surface area (Å²) in [6.45, 7) is -0.0589. The van der Waals surface area contributed by atoms with E-state index in [0.29, 0.717) is 5.56 Å². The van der Waals surface area contributed by atoms with E-state index in [-0.39, 0.29) is 12.2 Å². The van der Waals surface area contributed by atoms with Crippen molar-refractivity contribution in [2.24, 2.45) is 0 Å². The van der Waals surface area contributed by atoms with Crippen LogP contribution < -0.4 is 0 Å². The monoisotopic (exact) mass is 208 g/mol. The number of hydrogen-bond donors (Lipinski definition) is 2. The first-order valence-electron chi connectivity index (χ1n) is 4.35. The first-order valence-corrected chi connectivity index (χ1v) is 4.35. The summed E-state index contributed by atoms with van der Waals surface area (Å²) in [6, 6.07) is 6.60. The summed E-state index contributed by atoms with van der Waals surface area (Å²) in [6.07, 6.45) is 1.18. The molecule has 4 heteroatoms. The Morgan fingerprint density at radius 1 is 1.40 bits per heavy atom. The number of methoxy groups -OCH3 is 1. The molecule has 15 heavy (non-hydrogen) atoms. The number of carboxylic acids is 1. The Bertz CT molecular complexity index is 365. The molecule has 0 unspecified atom stereocenters. The minimum atomic E-state index is -1.05. The van der Waals surface area contributed by atoms with E-state index in [1.54, 1.807) is 24.3 Å². The van der Waals surface area contributed by atoms with Gasteiger partial charge in [0, 0.05) is 0 Å². The maximum atomic E-state index is 10.8. The average Bonchev–Trinajstić information content (AvgIpc) is 2.26. The molecule has 0 saturated carbocycles. The van der Waals surface area contributed by atoms with Gasteiger partial charge in [0.05, 0.1) is 20.0 Å². The molecule has 0 aliphatic rings. The van der Waals surface area contributed by atoms with Crippen LogP contribution in [0.25, 0.3) is 5.57 Å². The van der Waals surface area contributed by atoms with Crippen molar-refractivity contribution >= 4 is 11.5 Å². The molecule has 0 radical (unpaired) electrons. The van der Waals surface area contributed by atoms with Gasteiger partial charge < -0.3 is 14.9 Å². The minimum absolute atomic E-state index is 0.0589. The Kier molecular flexibility index (Phi) is 3.88. The molecule has 0 aliphatic carbocycles. The third-order valence-corrected chi connectivity index (χ3v) is 1.91. The van der Waals surface area contributed by atoms with Gasteiger partial charge in [-0.1, -0.05) is 24.3 Å². The van der Waals surface area contributed by atoms with Crippen LogP contribution in [0.3, 0.4) is 0 Å². The van der Waals surface area contributed by atoms with Gasteiger partial charge in [0.25, 0.3) is 0 Å². The molecular weight excluding hydrogens is 196 g/mol. The van der Waals surface area contributed by atoms with Crippen LogP contribution in [0.2, 0.25) is 0 Å². The minimum Gasteiger partial charge on any atom is -0.503 e. The number of hydrogen-bond acceptors (Lipinski definition) is 3. The van der Waals surface area contributed by atoms with Crippen molar-refractivity contribution in [1.82, 2.24) is 0 Å². The fraction of sp³-hybridized carbons (Fsp3) is 0.182. The molecule has 1 rings (SSSR count). The van der Waals surface area contributed by atoms with Crippen molar-refractivity contribution in [2.75, 3.05) is 7.11 Å². The van der Waals surface area contributed by atoms with Crippen molar-refractivity contribution in [2.45, 2.75) is 6.61 Å². The highest BCUT2D eigenvalue weighted by Crippen LogP contribution is 2.15. The number of aliphatic hydroxyl groups excluding tert-OH is 1. The van der Waals surface area contributed by atoms with Gasteiger partial charge in [-0.25, -0.2) is 4.79 Å². The molecule has 0 atom stereocenters. The molecule has 0 bridgehead atoms. The van der Waals surface area contributed by atoms with E-state index in [4.69, 9.17) is 10.2 Å². The molecule has 80 valence electrons. The van der Waals surface area contributed by atoms with Crippen molar-refractivity contribution in [3.63, 3.8) is 0 Å². The lowest BCUT2D eigenvalue weighted by molar-refractivity contribution is -0.130. The molecule has 0 aromatic heterocycles. The number of aliphatic carboxylic acids is 1. The van der Waals surface area contributed by atoms with Crippen molar-refractivity contribution in [3.05, 3.63) is 41.7 Å². The Labute approximate surface area is 87.4 Å². The predicted molar refractivity (Wildman–Crippen MR) is 55.0 cm³/mol. The van der Waals surface area contributed by atoms with Crippen LogP contribution in [0.1, 0.15) is 11.1 Å². The third-order valence-electron chi connectivity index (χ3n) is 1.91. The topological polar surface area (TPSA) is 66.8 Å². The summed E-state index contributed by atoms with van der Waals surface area (Å²) >= 11 is 0. The third kappa shape index (κ3) is 2.82. The zero-order chi connectivity index (χ0) is 11.3. The van der Waals surface area contributed by atoms with E-state index < -0.39 is 5.97 Å². The first kappa shape index (κ1) is 11.3. The van der Waals surface area contributed by atoms with Gasteiger partial charge in [0.15, 0.2) is 0 Å². The first-order chi connectivity index (χ1) is 7.19. The van der Waals surface area contributed by atoms with Crippen LogP contribution in [0.15, 0.2) is 30.5 Å². The second-order valence-corrected chi connectivity index (χ2v) is 2.93. The van der Waals surface area contributed by atoms with Crippen molar-refractivity contribution in [3.8, 4) is 0 Å². The SMILES string of the molecule is CO/C=C(\C(=O)O)c1ccc(CO)cc1. The quantitative estimate of drug-likeness (QED) is 0.577. The van der Waals surface area contributed by atoms with Crippen LogP contribution in [-0.4, -0.2) is 23.3 Å². The van der Waals surface area contributed by atoms with E-state index in [1.807, 2.05) is 0 Å². The van der Waals surface area contributed by atoms with Gasteiger partial charge in [0.2, 0.25) is 0 Å². The molecule has 1 aromatic rings. The molecule has 0 amide bonds. The molecule has 4 nitrogen and oxygen atoms in total. The standard InChI is InChI=1S/C11H12O4/c1-15-7-10(11(13)14)9-4-2-8(6-12)3-5-9/h2-5,7,12H,6H2,1H3,(H,13,14)/b10-7-. The van der Waals surface area contributed by atoms with Crippen LogP contribution in [0, 0.1) is 0 Å². The predicted octanol–water partition coefficient (Wildman–Crippen LogP) is 1.25. The lowest BCUT2D eigenvalue weighted by Crippen LogP contribution is -2.00. The fourth-order valence-electron chi connectivity index (χ4n) is 1.15. The fourth-order valence-corrected chi connectivity index (χ4v) is 1.15. The molecule has 0 spiro atoms. The Morgan fingerprint density at radius 3 is 2.40 bits per heavy atom. The van der Waals surface area contributed by atoms with Gasteiger partial charge in [-0.15, -0.1) is 0 Å². The molecule has 0 fully saturated rings. The average molecular weight is 208 g/mol. The molecule has 0 saturated heterocycles. The maximum Gasteiger partial charge on any atom is 0.339 e. The molecule has 2 N–H and O–H groups in total. The smallest absolute Gasteiger partial charge is 0.339 e. The lowest BCUT2D eigenvalue weighted by atomic mass is 10.1. The number of rotatable bonds is 4. The van der Waals surface area contributed by atoms with Crippen LogP contribution in [0.5, 0.6) is 0 Å². The summed E-state index contributed by atoms with van der Waals surface area (Å²) < 4.78 is 4.68. The zero-order valence-corrected chi connectivity index (χ0v) is 8.30. The molecule has 0 heterocycles. The van der Waals surface area contributed by atoms with Gasteiger partial charge in [-0.2, -0.15) is 0 Å². The van der Waals surface area contributed by atoms with E-state index in [2.05, 4.69) is 4.74 Å². The summed E-state index contributed by atoms with van der Waals surface area (Å²) in [7, 11) is 1.39. The number of benzene rings is 1. The second-order valence-electron chi connectivity index (χ2n) is 2.93. The van der Waals surface area contributed by atoms with Gasteiger partial charge in [0.1, 0.15) is 5.57 Å². The summed E-state index contributed by atoms with van der Waals surface area (Å²) in [4.78, 5) is 10.8. The van der Waals surface area contributed by atoms with Gasteiger partial charge >= 0.3 is 5.97 Å². The normalized spacial score (nSPS) is 11.2. The highest BCUT2D eigenvalue weighted by atomic mass is 16.5. The number of carbonyl (C=O) groups is 1. The largest absolute Gasteiger partial charge is 0.503 e.